The third kappa shape index (κ3) is 6.36. The van der Waals surface area contributed by atoms with Crippen molar-refractivity contribution in [2.24, 2.45) is 0 Å². The number of anilines is 3. The van der Waals surface area contributed by atoms with Gasteiger partial charge in [-0.15, -0.1) is 0 Å². The van der Waals surface area contributed by atoms with E-state index in [2.05, 4.69) is 35.7 Å². The Labute approximate surface area is 203 Å². The molecule has 0 aromatic carbocycles. The van der Waals surface area contributed by atoms with E-state index in [-0.39, 0.29) is 5.56 Å². The molecule has 1 fully saturated rings. The van der Waals surface area contributed by atoms with E-state index in [9.17, 15) is 9.18 Å². The Morgan fingerprint density at radius 1 is 1.17 bits per heavy atom. The molecule has 35 heavy (non-hydrogen) atoms. The van der Waals surface area contributed by atoms with Crippen LogP contribution in [-0.2, 0) is 6.42 Å². The number of nitrogens with zero attached hydrogens (tertiary/aromatic N) is 5. The molecule has 0 radical (unpaired) electrons. The van der Waals surface area contributed by atoms with Crippen LogP contribution in [0.5, 0.6) is 0 Å². The average molecular weight is 477 g/mol. The number of aryl methyl sites for hydroxylation is 1. The highest BCUT2D eigenvalue weighted by Crippen LogP contribution is 2.21. The number of nitrogens with one attached hydrogen (secondary N) is 3. The minimum Gasteiger partial charge on any atom is -0.354 e. The number of H-pyrrole nitrogens is 1. The van der Waals surface area contributed by atoms with Crippen LogP contribution in [0.4, 0.5) is 21.8 Å². The zero-order valence-electron chi connectivity index (χ0n) is 20.1. The minimum atomic E-state index is -0.767. The van der Waals surface area contributed by atoms with Gasteiger partial charge in [-0.2, -0.15) is 9.49 Å². The normalized spacial score (nSPS) is 14.8. The first kappa shape index (κ1) is 24.2. The van der Waals surface area contributed by atoms with Crippen molar-refractivity contribution >= 4 is 23.2 Å². The lowest BCUT2D eigenvalue weighted by Crippen LogP contribution is -2.44. The Kier molecular flexibility index (Phi) is 7.61. The number of allylic oxidation sites excluding steroid dienone is 4. The van der Waals surface area contributed by atoms with Gasteiger partial charge in [0.25, 0.3) is 0 Å². The van der Waals surface area contributed by atoms with Crippen LogP contribution in [0.1, 0.15) is 35.7 Å². The molecule has 1 aliphatic rings. The quantitative estimate of drug-likeness (QED) is 0.196. The molecule has 0 bridgehead atoms. The zero-order chi connectivity index (χ0) is 24.8. The van der Waals surface area contributed by atoms with E-state index in [0.717, 1.165) is 43.3 Å². The summed E-state index contributed by atoms with van der Waals surface area (Å²) in [4.78, 5) is 27.8. The number of ketones is 1. The molecule has 0 unspecified atom stereocenters. The largest absolute Gasteiger partial charge is 0.354 e. The molecular weight excluding hydrogens is 447 g/mol. The van der Waals surface area contributed by atoms with Gasteiger partial charge in [-0.1, -0.05) is 17.7 Å². The Balaban J connectivity index is 1.54. The van der Waals surface area contributed by atoms with Crippen LogP contribution in [0.3, 0.4) is 0 Å². The van der Waals surface area contributed by atoms with Crippen LogP contribution < -0.4 is 15.5 Å². The van der Waals surface area contributed by atoms with Crippen molar-refractivity contribution in [3.05, 3.63) is 76.8 Å². The van der Waals surface area contributed by atoms with E-state index in [1.165, 1.54) is 12.3 Å². The number of rotatable bonds is 8. The van der Waals surface area contributed by atoms with Gasteiger partial charge in [-0.3, -0.25) is 9.89 Å². The van der Waals surface area contributed by atoms with Gasteiger partial charge in [0.2, 0.25) is 5.95 Å². The molecule has 0 atom stereocenters. The van der Waals surface area contributed by atoms with Crippen LogP contribution in [-0.4, -0.2) is 57.1 Å². The molecule has 182 valence electrons. The number of carbonyl (C=O) groups is 1. The smallest absolute Gasteiger partial charge is 0.224 e. The Hall–Kier alpha value is -3.92. The molecule has 3 aromatic rings. The lowest BCUT2D eigenvalue weighted by atomic mass is 10.0. The molecule has 9 nitrogen and oxygen atoms in total. The lowest BCUT2D eigenvalue weighted by molar-refractivity contribution is 0.103. The minimum absolute atomic E-state index is 0.0383. The van der Waals surface area contributed by atoms with Crippen molar-refractivity contribution in [2.45, 2.75) is 27.2 Å². The fourth-order valence-electron chi connectivity index (χ4n) is 3.71. The molecule has 10 heteroatoms. The monoisotopic (exact) mass is 476 g/mol. The number of hydrogen-bond acceptors (Lipinski definition) is 8. The molecule has 0 amide bonds. The molecular formula is C25H29FN8O. The van der Waals surface area contributed by atoms with Crippen molar-refractivity contribution in [1.82, 2.24) is 30.5 Å². The van der Waals surface area contributed by atoms with E-state index in [1.807, 2.05) is 32.1 Å². The van der Waals surface area contributed by atoms with Crippen LogP contribution >= 0.6 is 0 Å². The summed E-state index contributed by atoms with van der Waals surface area (Å²) >= 11 is 0. The summed E-state index contributed by atoms with van der Waals surface area (Å²) in [5.74, 6) is 1.70. The number of carbonyl (C=O) groups excluding carboxylic acids is 1. The second-order valence-corrected chi connectivity index (χ2v) is 8.54. The number of halogens is 1. The lowest BCUT2D eigenvalue weighted by Gasteiger charge is -2.28. The second-order valence-electron chi connectivity index (χ2n) is 8.54. The van der Waals surface area contributed by atoms with Gasteiger partial charge < -0.3 is 15.5 Å². The maximum atomic E-state index is 13.9. The number of pyridine rings is 1. The molecule has 3 aromatic heterocycles. The van der Waals surface area contributed by atoms with Crippen molar-refractivity contribution in [3.8, 4) is 0 Å². The standard InChI is InChI=1S/C25H29FN8O/c1-16(6-7-17(2)24(35)19-5-4-8-28-25(19)26)13-20-29-21(30-22-14-18(3)32-33-22)15-23(31-20)34-11-9-27-10-12-34/h4-8,14-15,27H,9-13H2,1-3H3,(H2,29,30,31,32,33). The van der Waals surface area contributed by atoms with Crippen molar-refractivity contribution in [3.63, 3.8) is 0 Å². The average Bonchev–Trinajstić information content (AvgIpc) is 3.27. The Bertz CT molecular complexity index is 1260. The van der Waals surface area contributed by atoms with Crippen LogP contribution in [0, 0.1) is 12.9 Å². The summed E-state index contributed by atoms with van der Waals surface area (Å²) in [5, 5.41) is 13.8. The van der Waals surface area contributed by atoms with Gasteiger partial charge in [0, 0.05) is 56.6 Å². The van der Waals surface area contributed by atoms with E-state index >= 15 is 0 Å². The molecule has 0 saturated carbocycles. The highest BCUT2D eigenvalue weighted by molar-refractivity contribution is 6.08. The summed E-state index contributed by atoms with van der Waals surface area (Å²) in [6, 6.07) is 6.82. The van der Waals surface area contributed by atoms with Crippen LogP contribution in [0.15, 0.2) is 53.8 Å². The summed E-state index contributed by atoms with van der Waals surface area (Å²) < 4.78 is 13.9. The molecule has 4 rings (SSSR count). The molecule has 3 N–H and O–H groups in total. The van der Waals surface area contributed by atoms with E-state index in [0.29, 0.717) is 29.5 Å². The predicted octanol–water partition coefficient (Wildman–Crippen LogP) is 3.51. The first-order chi connectivity index (χ1) is 16.9. The molecule has 1 saturated heterocycles. The second kappa shape index (κ2) is 11.0. The zero-order valence-corrected chi connectivity index (χ0v) is 20.1. The SMILES string of the molecule is CC(=CC=C(C)C(=O)c1cccnc1F)Cc1nc(Nc2cc(C)[nH]n2)cc(N2CCNCC2)n1. The number of Topliss-reactive ketones (excluding diaryl/α,β-unsaturated/α-hetero) is 1. The first-order valence-electron chi connectivity index (χ1n) is 11.5. The first-order valence-corrected chi connectivity index (χ1v) is 11.5. The summed E-state index contributed by atoms with van der Waals surface area (Å²) in [7, 11) is 0. The fourth-order valence-corrected chi connectivity index (χ4v) is 3.71. The van der Waals surface area contributed by atoms with E-state index in [1.54, 1.807) is 19.1 Å². The number of piperazine rings is 1. The van der Waals surface area contributed by atoms with Crippen LogP contribution in [0.2, 0.25) is 0 Å². The number of aromatic amines is 1. The maximum Gasteiger partial charge on any atom is 0.224 e. The van der Waals surface area contributed by atoms with Crippen molar-refractivity contribution < 1.29 is 9.18 Å². The number of hydrogen-bond donors (Lipinski definition) is 3. The van der Waals surface area contributed by atoms with Gasteiger partial charge in [-0.05, 0) is 38.5 Å². The maximum absolute atomic E-state index is 13.9. The highest BCUT2D eigenvalue weighted by Gasteiger charge is 2.16. The third-order valence-electron chi connectivity index (χ3n) is 5.58. The molecule has 0 spiro atoms. The Morgan fingerprint density at radius 3 is 2.69 bits per heavy atom. The highest BCUT2D eigenvalue weighted by atomic mass is 19.1. The van der Waals surface area contributed by atoms with Crippen molar-refractivity contribution in [2.75, 3.05) is 36.4 Å². The Morgan fingerprint density at radius 2 is 1.97 bits per heavy atom. The summed E-state index contributed by atoms with van der Waals surface area (Å²) in [6.07, 6.45) is 5.34. The van der Waals surface area contributed by atoms with Gasteiger partial charge in [0.05, 0.1) is 5.56 Å². The molecule has 0 aliphatic carbocycles. The van der Waals surface area contributed by atoms with Gasteiger partial charge >= 0.3 is 0 Å². The third-order valence-corrected chi connectivity index (χ3v) is 5.58. The van der Waals surface area contributed by atoms with Gasteiger partial charge in [-0.25, -0.2) is 15.0 Å². The topological polar surface area (TPSA) is 112 Å². The van der Waals surface area contributed by atoms with Gasteiger partial charge in [0.1, 0.15) is 17.5 Å². The van der Waals surface area contributed by atoms with E-state index in [4.69, 9.17) is 4.98 Å². The predicted molar refractivity (Wildman–Crippen MR) is 133 cm³/mol. The number of aromatic nitrogens is 5. The fraction of sp³-hybridized carbons (Fsp3) is 0.320. The van der Waals surface area contributed by atoms with Crippen molar-refractivity contribution in [1.29, 1.82) is 0 Å². The molecule has 1 aliphatic heterocycles. The summed E-state index contributed by atoms with van der Waals surface area (Å²) in [6.45, 7) is 9.07. The van der Waals surface area contributed by atoms with Crippen LogP contribution in [0.25, 0.3) is 0 Å². The van der Waals surface area contributed by atoms with E-state index < -0.39 is 11.7 Å². The summed E-state index contributed by atoms with van der Waals surface area (Å²) in [5.41, 5.74) is 2.29. The van der Waals surface area contributed by atoms with Gasteiger partial charge in [0.15, 0.2) is 11.6 Å². The molecule has 4 heterocycles.